The van der Waals surface area contributed by atoms with Crippen molar-refractivity contribution in [3.8, 4) is 0 Å². The summed E-state index contributed by atoms with van der Waals surface area (Å²) >= 11 is 1.39. The predicted octanol–water partition coefficient (Wildman–Crippen LogP) is 3.38. The largest absolute Gasteiger partial charge is 0.368 e. The number of amides is 1. The minimum Gasteiger partial charge on any atom is -0.368 e. The Morgan fingerprint density at radius 2 is 1.37 bits per heavy atom. The maximum atomic E-state index is 13.2. The lowest BCUT2D eigenvalue weighted by molar-refractivity contribution is -0.128. The Kier molecular flexibility index (Phi) is 7.32. The van der Waals surface area contributed by atoms with Crippen LogP contribution in [0, 0.1) is 5.82 Å². The number of nitrogens with zero attached hydrogens (tertiary/aromatic N) is 6. The van der Waals surface area contributed by atoms with Crippen molar-refractivity contribution in [2.45, 2.75) is 5.16 Å². The number of thioether (sulfide) groups is 1. The lowest BCUT2D eigenvalue weighted by Crippen LogP contribution is -2.49. The van der Waals surface area contributed by atoms with Crippen molar-refractivity contribution in [3.05, 3.63) is 72.7 Å². The molecule has 2 saturated heterocycles. The molecule has 2 aromatic carbocycles. The van der Waals surface area contributed by atoms with Gasteiger partial charge in [0, 0.05) is 69.9 Å². The summed E-state index contributed by atoms with van der Waals surface area (Å²) in [4.78, 5) is 30.6. The molecule has 9 heteroatoms. The van der Waals surface area contributed by atoms with Gasteiger partial charge in [0.15, 0.2) is 5.16 Å². The smallest absolute Gasteiger partial charge is 0.233 e. The van der Waals surface area contributed by atoms with E-state index in [4.69, 9.17) is 4.98 Å². The number of piperazine rings is 2. The van der Waals surface area contributed by atoms with E-state index in [0.717, 1.165) is 50.8 Å². The number of benzene rings is 2. The third-order valence-electron chi connectivity index (χ3n) is 6.49. The zero-order valence-electron chi connectivity index (χ0n) is 19.6. The fourth-order valence-electron chi connectivity index (χ4n) is 4.49. The van der Waals surface area contributed by atoms with Gasteiger partial charge >= 0.3 is 0 Å². The summed E-state index contributed by atoms with van der Waals surface area (Å²) in [5.41, 5.74) is 2.24. The van der Waals surface area contributed by atoms with Gasteiger partial charge in [-0.1, -0.05) is 30.0 Å². The highest BCUT2D eigenvalue weighted by molar-refractivity contribution is 7.99. The number of hydrogen-bond acceptors (Lipinski definition) is 7. The molecule has 0 radical (unpaired) electrons. The Morgan fingerprint density at radius 1 is 0.771 bits per heavy atom. The summed E-state index contributed by atoms with van der Waals surface area (Å²) in [6.07, 6.45) is 1.78. The number of para-hydroxylation sites is 1. The number of carbonyl (C=O) groups excluding carboxylic acids is 1. The average molecular weight is 493 g/mol. The molecule has 5 rings (SSSR count). The van der Waals surface area contributed by atoms with Crippen LogP contribution in [-0.4, -0.2) is 78.9 Å². The molecule has 182 valence electrons. The maximum absolute atomic E-state index is 13.2. The Balaban J connectivity index is 1.09. The molecule has 0 saturated carbocycles. The second-order valence-corrected chi connectivity index (χ2v) is 9.58. The highest BCUT2D eigenvalue weighted by Crippen LogP contribution is 2.22. The van der Waals surface area contributed by atoms with Crippen LogP contribution in [0.15, 0.2) is 72.0 Å². The van der Waals surface area contributed by atoms with Crippen molar-refractivity contribution in [3.63, 3.8) is 0 Å². The van der Waals surface area contributed by atoms with E-state index < -0.39 is 0 Å². The molecule has 2 aliphatic rings. The highest BCUT2D eigenvalue weighted by Gasteiger charge is 2.22. The minimum absolute atomic E-state index is 0.0965. The summed E-state index contributed by atoms with van der Waals surface area (Å²) in [5.74, 6) is 1.09. The molecular formula is C26H29FN6OS. The fourth-order valence-corrected chi connectivity index (χ4v) is 5.22. The van der Waals surface area contributed by atoms with E-state index in [1.807, 2.05) is 17.0 Å². The highest BCUT2D eigenvalue weighted by atomic mass is 32.2. The number of aromatic nitrogens is 2. The van der Waals surface area contributed by atoms with Gasteiger partial charge in [0.05, 0.1) is 5.75 Å². The van der Waals surface area contributed by atoms with Gasteiger partial charge in [-0.25, -0.2) is 14.4 Å². The van der Waals surface area contributed by atoms with Crippen LogP contribution in [-0.2, 0) is 4.79 Å². The first-order valence-electron chi connectivity index (χ1n) is 11.9. The zero-order valence-corrected chi connectivity index (χ0v) is 20.4. The first-order chi connectivity index (χ1) is 17.2. The lowest BCUT2D eigenvalue weighted by Gasteiger charge is -2.36. The number of carbonyl (C=O) groups is 1. The minimum atomic E-state index is -0.236. The van der Waals surface area contributed by atoms with E-state index in [9.17, 15) is 9.18 Å². The average Bonchev–Trinajstić information content (AvgIpc) is 2.93. The third kappa shape index (κ3) is 5.85. The summed E-state index contributed by atoms with van der Waals surface area (Å²) in [7, 11) is 0. The normalized spacial score (nSPS) is 16.5. The number of anilines is 3. The number of hydrogen-bond donors (Lipinski definition) is 0. The van der Waals surface area contributed by atoms with E-state index >= 15 is 0 Å². The molecule has 35 heavy (non-hydrogen) atoms. The van der Waals surface area contributed by atoms with E-state index in [-0.39, 0.29) is 11.7 Å². The van der Waals surface area contributed by atoms with Crippen LogP contribution in [0.4, 0.5) is 21.6 Å². The van der Waals surface area contributed by atoms with Crippen molar-refractivity contribution in [2.24, 2.45) is 0 Å². The zero-order chi connectivity index (χ0) is 24.0. The Hall–Kier alpha value is -3.33. The van der Waals surface area contributed by atoms with Gasteiger partial charge in [0.2, 0.25) is 5.91 Å². The molecule has 3 heterocycles. The van der Waals surface area contributed by atoms with Crippen LogP contribution in [0.5, 0.6) is 0 Å². The molecule has 0 N–H and O–H groups in total. The molecule has 2 fully saturated rings. The molecule has 0 spiro atoms. The van der Waals surface area contributed by atoms with Gasteiger partial charge in [0.1, 0.15) is 11.6 Å². The number of rotatable bonds is 6. The van der Waals surface area contributed by atoms with Crippen molar-refractivity contribution >= 4 is 34.9 Å². The van der Waals surface area contributed by atoms with Crippen LogP contribution < -0.4 is 14.7 Å². The van der Waals surface area contributed by atoms with Gasteiger partial charge in [-0.15, -0.1) is 0 Å². The first-order valence-corrected chi connectivity index (χ1v) is 12.9. The topological polar surface area (TPSA) is 55.8 Å². The monoisotopic (exact) mass is 492 g/mol. The Bertz CT molecular complexity index is 1120. The molecule has 0 aliphatic carbocycles. The van der Waals surface area contributed by atoms with E-state index in [2.05, 4.69) is 43.9 Å². The standard InChI is InChI=1S/C26H29FN6OS/c27-21-6-8-23(9-7-21)31-14-18-33(19-15-31)25(34)20-35-26-28-11-10-24(29-26)32-16-12-30(13-17-32)22-4-2-1-3-5-22/h1-11H,12-20H2. The third-order valence-corrected chi connectivity index (χ3v) is 7.34. The quantitative estimate of drug-likeness (QED) is 0.386. The molecule has 0 atom stereocenters. The predicted molar refractivity (Wildman–Crippen MR) is 139 cm³/mol. The number of halogens is 1. The van der Waals surface area contributed by atoms with Crippen LogP contribution in [0.1, 0.15) is 0 Å². The van der Waals surface area contributed by atoms with Gasteiger partial charge < -0.3 is 19.6 Å². The molecule has 1 aromatic heterocycles. The van der Waals surface area contributed by atoms with Gasteiger partial charge in [-0.3, -0.25) is 4.79 Å². The first kappa shape index (κ1) is 23.4. The van der Waals surface area contributed by atoms with Crippen molar-refractivity contribution in [2.75, 3.05) is 72.8 Å². The lowest BCUT2D eigenvalue weighted by atomic mass is 10.2. The molecule has 0 unspecified atom stereocenters. The van der Waals surface area contributed by atoms with Crippen molar-refractivity contribution in [1.82, 2.24) is 14.9 Å². The summed E-state index contributed by atoms with van der Waals surface area (Å²) in [6.45, 7) is 6.47. The Morgan fingerprint density at radius 3 is 2.06 bits per heavy atom. The van der Waals surface area contributed by atoms with Crippen LogP contribution in [0.2, 0.25) is 0 Å². The Labute approximate surface area is 209 Å². The summed E-state index contributed by atoms with van der Waals surface area (Å²) in [6, 6.07) is 18.9. The van der Waals surface area contributed by atoms with Crippen LogP contribution in [0.3, 0.4) is 0 Å². The molecule has 2 aliphatic heterocycles. The van der Waals surface area contributed by atoms with E-state index in [0.29, 0.717) is 24.0 Å². The van der Waals surface area contributed by atoms with Crippen molar-refractivity contribution in [1.29, 1.82) is 0 Å². The molecule has 1 amide bonds. The molecule has 0 bridgehead atoms. The second-order valence-electron chi connectivity index (χ2n) is 8.64. The van der Waals surface area contributed by atoms with Gasteiger partial charge in [-0.05, 0) is 42.5 Å². The van der Waals surface area contributed by atoms with Gasteiger partial charge in [0.25, 0.3) is 0 Å². The maximum Gasteiger partial charge on any atom is 0.233 e. The molecular weight excluding hydrogens is 463 g/mol. The summed E-state index contributed by atoms with van der Waals surface area (Å²) in [5, 5.41) is 0.631. The molecule has 3 aromatic rings. The van der Waals surface area contributed by atoms with Crippen molar-refractivity contribution < 1.29 is 9.18 Å². The summed E-state index contributed by atoms with van der Waals surface area (Å²) < 4.78 is 13.2. The second kappa shape index (κ2) is 10.9. The molecule has 7 nitrogen and oxygen atoms in total. The van der Waals surface area contributed by atoms with E-state index in [1.165, 1.54) is 29.6 Å². The van der Waals surface area contributed by atoms with Crippen LogP contribution >= 0.6 is 11.8 Å². The van der Waals surface area contributed by atoms with E-state index in [1.54, 1.807) is 18.3 Å². The van der Waals surface area contributed by atoms with Crippen LogP contribution in [0.25, 0.3) is 0 Å². The fraction of sp³-hybridized carbons (Fsp3) is 0.346. The SMILES string of the molecule is O=C(CSc1nccc(N2CCN(c3ccccc3)CC2)n1)N1CCN(c2ccc(F)cc2)CC1. The van der Waals surface area contributed by atoms with Gasteiger partial charge in [-0.2, -0.15) is 0 Å².